The van der Waals surface area contributed by atoms with Crippen LogP contribution in [0.2, 0.25) is 0 Å². The first-order chi connectivity index (χ1) is 6.93. The van der Waals surface area contributed by atoms with Crippen LogP contribution in [0.15, 0.2) is 18.3 Å². The Bertz CT molecular complexity index is 375. The van der Waals surface area contributed by atoms with E-state index < -0.39 is 0 Å². The number of hydrogen-bond acceptors (Lipinski definition) is 3. The molecule has 0 saturated heterocycles. The molecule has 0 aromatic carbocycles. The fourth-order valence-corrected chi connectivity index (χ4v) is 1.37. The minimum Gasteiger partial charge on any atom is -0.396 e. The van der Waals surface area contributed by atoms with Gasteiger partial charge < -0.3 is 10.6 Å². The van der Waals surface area contributed by atoms with E-state index in [1.165, 1.54) is 10.9 Å². The van der Waals surface area contributed by atoms with Gasteiger partial charge in [-0.15, -0.1) is 0 Å². The zero-order valence-corrected chi connectivity index (χ0v) is 9.32. The lowest BCUT2D eigenvalue weighted by Gasteiger charge is -2.17. The molecule has 1 rings (SSSR count). The van der Waals surface area contributed by atoms with Gasteiger partial charge in [0.1, 0.15) is 5.69 Å². The molecular formula is C10H16N4O. The number of anilines is 1. The fraction of sp³-hybridized carbons (Fsp3) is 0.400. The maximum absolute atomic E-state index is 11.9. The molecule has 0 aliphatic rings. The lowest BCUT2D eigenvalue weighted by atomic mass is 10.3. The second kappa shape index (κ2) is 4.16. The first-order valence-corrected chi connectivity index (χ1v) is 4.60. The molecule has 0 unspecified atom stereocenters. The highest BCUT2D eigenvalue weighted by Crippen LogP contribution is 2.12. The number of rotatable bonds is 3. The predicted molar refractivity (Wildman–Crippen MR) is 59.4 cm³/mol. The van der Waals surface area contributed by atoms with Gasteiger partial charge in [0.2, 0.25) is 0 Å². The minimum absolute atomic E-state index is 0.143. The Hall–Kier alpha value is -1.78. The molecule has 0 aliphatic carbocycles. The fourth-order valence-electron chi connectivity index (χ4n) is 1.37. The lowest BCUT2D eigenvalue weighted by Crippen LogP contribution is -2.30. The summed E-state index contributed by atoms with van der Waals surface area (Å²) in [6.07, 6.45) is 1.47. The summed E-state index contributed by atoms with van der Waals surface area (Å²) in [7, 11) is 3.40. The topological polar surface area (TPSA) is 64.2 Å². The van der Waals surface area contributed by atoms with Crippen LogP contribution in [0.5, 0.6) is 0 Å². The molecule has 15 heavy (non-hydrogen) atoms. The standard InChI is InChI=1S/C10H16N4O/c1-7(2)6-13(3)10(15)9-8(11)5-12-14(9)4/h5H,1,6,11H2,2-4H3. The van der Waals surface area contributed by atoms with Crippen molar-refractivity contribution in [3.8, 4) is 0 Å². The van der Waals surface area contributed by atoms with Crippen LogP contribution in [0.1, 0.15) is 17.4 Å². The zero-order chi connectivity index (χ0) is 11.6. The number of nitrogens with zero attached hydrogens (tertiary/aromatic N) is 3. The molecule has 0 bridgehead atoms. The van der Waals surface area contributed by atoms with Gasteiger partial charge in [0, 0.05) is 20.6 Å². The molecule has 1 heterocycles. The number of nitrogen functional groups attached to an aromatic ring is 1. The van der Waals surface area contributed by atoms with Gasteiger partial charge in [-0.2, -0.15) is 5.10 Å². The molecule has 0 spiro atoms. The van der Waals surface area contributed by atoms with Gasteiger partial charge in [0.05, 0.1) is 11.9 Å². The van der Waals surface area contributed by atoms with Gasteiger partial charge >= 0.3 is 0 Å². The van der Waals surface area contributed by atoms with E-state index >= 15 is 0 Å². The molecule has 0 atom stereocenters. The number of nitrogens with two attached hydrogens (primary N) is 1. The van der Waals surface area contributed by atoms with E-state index in [0.29, 0.717) is 17.9 Å². The van der Waals surface area contributed by atoms with Gasteiger partial charge in [0.25, 0.3) is 5.91 Å². The van der Waals surface area contributed by atoms with E-state index in [2.05, 4.69) is 11.7 Å². The number of carbonyl (C=O) groups is 1. The first-order valence-electron chi connectivity index (χ1n) is 4.60. The average Bonchev–Trinajstić information content (AvgIpc) is 2.44. The third-order valence-electron chi connectivity index (χ3n) is 2.02. The Morgan fingerprint density at radius 3 is 2.73 bits per heavy atom. The number of amides is 1. The maximum atomic E-state index is 11.9. The minimum atomic E-state index is -0.143. The van der Waals surface area contributed by atoms with Gasteiger partial charge in [-0.25, -0.2) is 0 Å². The molecular weight excluding hydrogens is 192 g/mol. The van der Waals surface area contributed by atoms with Gasteiger partial charge in [0.15, 0.2) is 0 Å². The van der Waals surface area contributed by atoms with Crippen molar-refractivity contribution >= 4 is 11.6 Å². The number of likely N-dealkylation sites (N-methyl/N-ethyl adjacent to an activating group) is 1. The summed E-state index contributed by atoms with van der Waals surface area (Å²) in [6, 6.07) is 0. The number of carbonyl (C=O) groups excluding carboxylic acids is 1. The molecule has 0 aliphatic heterocycles. The Morgan fingerprint density at radius 1 is 1.73 bits per heavy atom. The SMILES string of the molecule is C=C(C)CN(C)C(=O)c1c(N)cnn1C. The zero-order valence-electron chi connectivity index (χ0n) is 9.32. The van der Waals surface area contributed by atoms with Crippen molar-refractivity contribution in [3.05, 3.63) is 24.0 Å². The molecule has 1 aromatic heterocycles. The normalized spacial score (nSPS) is 10.1. The molecule has 1 amide bonds. The van der Waals surface area contributed by atoms with Crippen LogP contribution >= 0.6 is 0 Å². The number of aryl methyl sites for hydroxylation is 1. The van der Waals surface area contributed by atoms with Crippen LogP contribution in [0.25, 0.3) is 0 Å². The second-order valence-corrected chi connectivity index (χ2v) is 3.69. The molecule has 5 heteroatoms. The van der Waals surface area contributed by atoms with Crippen LogP contribution in [-0.4, -0.2) is 34.2 Å². The van der Waals surface area contributed by atoms with Crippen molar-refractivity contribution in [3.63, 3.8) is 0 Å². The van der Waals surface area contributed by atoms with Crippen LogP contribution in [0.4, 0.5) is 5.69 Å². The monoisotopic (exact) mass is 208 g/mol. The molecule has 0 saturated carbocycles. The summed E-state index contributed by atoms with van der Waals surface area (Å²) in [6.45, 7) is 6.14. The average molecular weight is 208 g/mol. The molecule has 5 nitrogen and oxygen atoms in total. The Labute approximate surface area is 89.2 Å². The van der Waals surface area contributed by atoms with E-state index in [1.54, 1.807) is 19.0 Å². The van der Waals surface area contributed by atoms with Crippen molar-refractivity contribution in [1.82, 2.24) is 14.7 Å². The summed E-state index contributed by atoms with van der Waals surface area (Å²) in [4.78, 5) is 13.5. The molecule has 0 fully saturated rings. The summed E-state index contributed by atoms with van der Waals surface area (Å²) in [5, 5.41) is 3.92. The summed E-state index contributed by atoms with van der Waals surface area (Å²) >= 11 is 0. The third-order valence-corrected chi connectivity index (χ3v) is 2.02. The van der Waals surface area contributed by atoms with E-state index in [0.717, 1.165) is 5.57 Å². The predicted octanol–water partition coefficient (Wildman–Crippen LogP) is 0.650. The Kier molecular flexibility index (Phi) is 3.14. The molecule has 2 N–H and O–H groups in total. The molecule has 82 valence electrons. The van der Waals surface area contributed by atoms with Crippen LogP contribution in [0.3, 0.4) is 0 Å². The lowest BCUT2D eigenvalue weighted by molar-refractivity contribution is 0.0797. The summed E-state index contributed by atoms with van der Waals surface area (Å²) < 4.78 is 1.48. The van der Waals surface area contributed by atoms with Crippen molar-refractivity contribution in [2.45, 2.75) is 6.92 Å². The first kappa shape index (κ1) is 11.3. The maximum Gasteiger partial charge on any atom is 0.274 e. The van der Waals surface area contributed by atoms with E-state index in [9.17, 15) is 4.79 Å². The van der Waals surface area contributed by atoms with Crippen molar-refractivity contribution in [1.29, 1.82) is 0 Å². The van der Waals surface area contributed by atoms with Crippen molar-refractivity contribution in [2.24, 2.45) is 7.05 Å². The molecule has 1 aromatic rings. The number of aromatic nitrogens is 2. The highest BCUT2D eigenvalue weighted by Gasteiger charge is 2.18. The Morgan fingerprint density at radius 2 is 2.33 bits per heavy atom. The molecule has 0 radical (unpaired) electrons. The Balaban J connectivity index is 2.89. The second-order valence-electron chi connectivity index (χ2n) is 3.69. The number of hydrogen-bond donors (Lipinski definition) is 1. The highest BCUT2D eigenvalue weighted by molar-refractivity contribution is 5.97. The van der Waals surface area contributed by atoms with Gasteiger partial charge in [-0.3, -0.25) is 9.48 Å². The highest BCUT2D eigenvalue weighted by atomic mass is 16.2. The van der Waals surface area contributed by atoms with Crippen LogP contribution in [-0.2, 0) is 7.05 Å². The summed E-state index contributed by atoms with van der Waals surface area (Å²) in [5.74, 6) is -0.143. The smallest absolute Gasteiger partial charge is 0.274 e. The van der Waals surface area contributed by atoms with E-state index in [-0.39, 0.29) is 5.91 Å². The van der Waals surface area contributed by atoms with Crippen LogP contribution < -0.4 is 5.73 Å². The quantitative estimate of drug-likeness (QED) is 0.742. The van der Waals surface area contributed by atoms with E-state index in [1.807, 2.05) is 6.92 Å². The van der Waals surface area contributed by atoms with Gasteiger partial charge in [-0.1, -0.05) is 12.2 Å². The largest absolute Gasteiger partial charge is 0.396 e. The van der Waals surface area contributed by atoms with Crippen molar-refractivity contribution < 1.29 is 4.79 Å². The van der Waals surface area contributed by atoms with Crippen LogP contribution in [0, 0.1) is 0 Å². The van der Waals surface area contributed by atoms with Gasteiger partial charge in [-0.05, 0) is 6.92 Å². The van der Waals surface area contributed by atoms with Crippen molar-refractivity contribution in [2.75, 3.05) is 19.3 Å². The van der Waals surface area contributed by atoms with E-state index in [4.69, 9.17) is 5.73 Å². The summed E-state index contributed by atoms with van der Waals surface area (Å²) in [5.41, 5.74) is 7.40. The third kappa shape index (κ3) is 2.37.